The van der Waals surface area contributed by atoms with Gasteiger partial charge in [-0.2, -0.15) is 0 Å². The van der Waals surface area contributed by atoms with Crippen molar-refractivity contribution in [2.75, 3.05) is 0 Å². The summed E-state index contributed by atoms with van der Waals surface area (Å²) >= 11 is 0. The summed E-state index contributed by atoms with van der Waals surface area (Å²) in [6, 6.07) is 0. The molecule has 0 heteroatoms. The summed E-state index contributed by atoms with van der Waals surface area (Å²) < 4.78 is 0. The largest absolute Gasteiger partial charge is 0.0622 e. The maximum Gasteiger partial charge on any atom is -0.0329 e. The Morgan fingerprint density at radius 1 is 0.500 bits per heavy atom. The average molecular weight is 222 g/mol. The highest BCUT2D eigenvalue weighted by atomic mass is 14.5. The molecular formula is C16H30. The van der Waals surface area contributed by atoms with Crippen LogP contribution in [0.1, 0.15) is 66.2 Å². The van der Waals surface area contributed by atoms with E-state index in [-0.39, 0.29) is 0 Å². The summed E-state index contributed by atoms with van der Waals surface area (Å²) in [5.41, 5.74) is 0. The lowest BCUT2D eigenvalue weighted by Gasteiger charge is -2.47. The normalized spacial score (nSPS) is 50.2. The minimum Gasteiger partial charge on any atom is -0.0622 e. The van der Waals surface area contributed by atoms with Crippen molar-refractivity contribution in [1.29, 1.82) is 0 Å². The summed E-state index contributed by atoms with van der Waals surface area (Å²) in [5, 5.41) is 0. The Labute approximate surface area is 102 Å². The van der Waals surface area contributed by atoms with Gasteiger partial charge < -0.3 is 0 Å². The Morgan fingerprint density at radius 2 is 0.750 bits per heavy atom. The van der Waals surface area contributed by atoms with Gasteiger partial charge in [0.1, 0.15) is 0 Å². The third kappa shape index (κ3) is 2.31. The summed E-state index contributed by atoms with van der Waals surface area (Å²) in [7, 11) is 0. The van der Waals surface area contributed by atoms with E-state index in [2.05, 4.69) is 27.7 Å². The van der Waals surface area contributed by atoms with Crippen LogP contribution in [-0.4, -0.2) is 0 Å². The third-order valence-corrected chi connectivity index (χ3v) is 5.71. The molecule has 0 amide bonds. The molecular weight excluding hydrogens is 192 g/mol. The highest BCUT2D eigenvalue weighted by Crippen LogP contribution is 2.48. The molecule has 0 bridgehead atoms. The molecule has 2 aliphatic rings. The molecule has 2 aliphatic carbocycles. The summed E-state index contributed by atoms with van der Waals surface area (Å²) in [4.78, 5) is 0. The van der Waals surface area contributed by atoms with Gasteiger partial charge in [0.05, 0.1) is 0 Å². The molecule has 94 valence electrons. The Bertz CT molecular complexity index is 176. The zero-order valence-corrected chi connectivity index (χ0v) is 11.7. The van der Waals surface area contributed by atoms with Crippen molar-refractivity contribution >= 4 is 0 Å². The third-order valence-electron chi connectivity index (χ3n) is 5.71. The van der Waals surface area contributed by atoms with E-state index in [1.54, 1.807) is 0 Å². The Morgan fingerprint density at radius 3 is 1.00 bits per heavy atom. The molecule has 0 saturated heterocycles. The predicted molar refractivity (Wildman–Crippen MR) is 71.3 cm³/mol. The molecule has 2 saturated carbocycles. The fourth-order valence-corrected chi connectivity index (χ4v) is 4.93. The van der Waals surface area contributed by atoms with Crippen LogP contribution in [0.25, 0.3) is 0 Å². The average Bonchev–Trinajstić information content (AvgIpc) is 2.21. The molecule has 0 aliphatic heterocycles. The molecule has 0 aromatic heterocycles. The van der Waals surface area contributed by atoms with E-state index in [9.17, 15) is 0 Å². The van der Waals surface area contributed by atoms with Gasteiger partial charge >= 0.3 is 0 Å². The van der Waals surface area contributed by atoms with E-state index in [0.29, 0.717) is 0 Å². The highest BCUT2D eigenvalue weighted by molar-refractivity contribution is 4.89. The van der Waals surface area contributed by atoms with Crippen LogP contribution >= 0.6 is 0 Å². The van der Waals surface area contributed by atoms with Crippen LogP contribution in [0.3, 0.4) is 0 Å². The summed E-state index contributed by atoms with van der Waals surface area (Å²) in [6.45, 7) is 10.1. The van der Waals surface area contributed by atoms with E-state index in [0.717, 1.165) is 35.5 Å². The highest BCUT2D eigenvalue weighted by Gasteiger charge is 2.40. The molecule has 0 nitrogen and oxygen atoms in total. The van der Waals surface area contributed by atoms with E-state index in [1.807, 2.05) is 0 Å². The van der Waals surface area contributed by atoms with Gasteiger partial charge in [0.15, 0.2) is 0 Å². The van der Waals surface area contributed by atoms with Crippen LogP contribution in [-0.2, 0) is 0 Å². The molecule has 0 radical (unpaired) electrons. The van der Waals surface area contributed by atoms with Gasteiger partial charge in [-0.1, -0.05) is 66.2 Å². The first-order chi connectivity index (χ1) is 7.61. The van der Waals surface area contributed by atoms with Gasteiger partial charge in [-0.05, 0) is 35.5 Å². The fourth-order valence-electron chi connectivity index (χ4n) is 4.93. The monoisotopic (exact) mass is 222 g/mol. The molecule has 0 aromatic carbocycles. The van der Waals surface area contributed by atoms with E-state index >= 15 is 0 Å². The quantitative estimate of drug-likeness (QED) is 0.577. The first-order valence-corrected chi connectivity index (χ1v) is 7.61. The van der Waals surface area contributed by atoms with Gasteiger partial charge in [0.25, 0.3) is 0 Å². The zero-order chi connectivity index (χ0) is 11.7. The van der Waals surface area contributed by atoms with Gasteiger partial charge in [0.2, 0.25) is 0 Å². The molecule has 4 atom stereocenters. The van der Waals surface area contributed by atoms with Crippen molar-refractivity contribution in [2.45, 2.75) is 66.2 Å². The second kappa shape index (κ2) is 5.10. The van der Waals surface area contributed by atoms with E-state index in [1.165, 1.54) is 38.5 Å². The second-order valence-corrected chi connectivity index (χ2v) is 6.93. The summed E-state index contributed by atoms with van der Waals surface area (Å²) in [5.74, 6) is 5.99. The van der Waals surface area contributed by atoms with Crippen molar-refractivity contribution in [2.24, 2.45) is 35.5 Å². The Balaban J connectivity index is 2.12. The molecule has 0 N–H and O–H groups in total. The van der Waals surface area contributed by atoms with Crippen molar-refractivity contribution in [3.63, 3.8) is 0 Å². The van der Waals surface area contributed by atoms with Crippen LogP contribution in [0.4, 0.5) is 0 Å². The van der Waals surface area contributed by atoms with Crippen molar-refractivity contribution in [3.8, 4) is 0 Å². The molecule has 16 heavy (non-hydrogen) atoms. The minimum absolute atomic E-state index is 0.983. The van der Waals surface area contributed by atoms with Gasteiger partial charge in [-0.25, -0.2) is 0 Å². The van der Waals surface area contributed by atoms with Crippen LogP contribution in [0.2, 0.25) is 0 Å². The molecule has 4 unspecified atom stereocenters. The number of rotatable bonds is 1. The molecule has 0 heterocycles. The van der Waals surface area contributed by atoms with Gasteiger partial charge in [-0.3, -0.25) is 0 Å². The van der Waals surface area contributed by atoms with Crippen LogP contribution in [0, 0.1) is 35.5 Å². The fraction of sp³-hybridized carbons (Fsp3) is 1.00. The molecule has 0 aromatic rings. The van der Waals surface area contributed by atoms with Crippen molar-refractivity contribution in [1.82, 2.24) is 0 Å². The second-order valence-electron chi connectivity index (χ2n) is 6.93. The van der Waals surface area contributed by atoms with Gasteiger partial charge in [-0.15, -0.1) is 0 Å². The minimum atomic E-state index is 0.983. The lowest BCUT2D eigenvalue weighted by Crippen LogP contribution is -2.39. The standard InChI is InChI=1S/C16H30/c1-11-7-5-8-12(2)15(11)16-13(3)9-6-10-14(16)4/h11-16H,5-10H2,1-4H3. The maximum absolute atomic E-state index is 2.52. The Hall–Kier alpha value is 0. The Kier molecular flexibility index (Phi) is 3.97. The lowest BCUT2D eigenvalue weighted by atomic mass is 9.58. The van der Waals surface area contributed by atoms with Crippen LogP contribution in [0.15, 0.2) is 0 Å². The summed E-state index contributed by atoms with van der Waals surface area (Å²) in [6.07, 6.45) is 8.93. The van der Waals surface area contributed by atoms with E-state index in [4.69, 9.17) is 0 Å². The molecule has 2 fully saturated rings. The van der Waals surface area contributed by atoms with Crippen molar-refractivity contribution in [3.05, 3.63) is 0 Å². The van der Waals surface area contributed by atoms with Crippen LogP contribution < -0.4 is 0 Å². The SMILES string of the molecule is CC1CCCC(C)C1C1C(C)CCCC1C. The lowest BCUT2D eigenvalue weighted by molar-refractivity contribution is 0.0209. The first-order valence-electron chi connectivity index (χ1n) is 7.61. The zero-order valence-electron chi connectivity index (χ0n) is 11.7. The number of hydrogen-bond acceptors (Lipinski definition) is 0. The molecule has 0 spiro atoms. The smallest absolute Gasteiger partial charge is 0.0329 e. The van der Waals surface area contributed by atoms with Gasteiger partial charge in [0, 0.05) is 0 Å². The number of hydrogen-bond donors (Lipinski definition) is 0. The first kappa shape index (κ1) is 12.5. The topological polar surface area (TPSA) is 0 Å². The van der Waals surface area contributed by atoms with E-state index < -0.39 is 0 Å². The maximum atomic E-state index is 2.52. The van der Waals surface area contributed by atoms with Crippen LogP contribution in [0.5, 0.6) is 0 Å². The molecule has 2 rings (SSSR count). The van der Waals surface area contributed by atoms with Crippen molar-refractivity contribution < 1.29 is 0 Å². The predicted octanol–water partition coefficient (Wildman–Crippen LogP) is 5.13.